The number of aromatic nitrogens is 3. The Kier molecular flexibility index (Phi) is 3.39. The summed E-state index contributed by atoms with van der Waals surface area (Å²) in [6.07, 6.45) is 0. The summed E-state index contributed by atoms with van der Waals surface area (Å²) in [6, 6.07) is 0. The Morgan fingerprint density at radius 3 is 2.46 bits per heavy atom. The van der Waals surface area contributed by atoms with Gasteiger partial charge in [0.15, 0.2) is 0 Å². The van der Waals surface area contributed by atoms with Crippen molar-refractivity contribution in [3.63, 3.8) is 0 Å². The van der Waals surface area contributed by atoms with E-state index in [1.54, 1.807) is 4.68 Å². The maximum atomic E-state index is 9.02. The van der Waals surface area contributed by atoms with Crippen molar-refractivity contribution >= 4 is 0 Å². The Morgan fingerprint density at radius 1 is 1.31 bits per heavy atom. The van der Waals surface area contributed by atoms with Crippen molar-refractivity contribution in [2.24, 2.45) is 5.92 Å². The van der Waals surface area contributed by atoms with Crippen LogP contribution in [0.25, 0.3) is 0 Å². The van der Waals surface area contributed by atoms with E-state index < -0.39 is 0 Å². The van der Waals surface area contributed by atoms with E-state index in [9.17, 15) is 0 Å². The molecule has 13 heavy (non-hydrogen) atoms. The third-order valence-corrected chi connectivity index (χ3v) is 1.76. The van der Waals surface area contributed by atoms with Gasteiger partial charge in [-0.05, 0) is 5.92 Å². The lowest BCUT2D eigenvalue weighted by Crippen LogP contribution is -2.10. The normalized spacial score (nSPS) is 11.2. The Bertz CT molecular complexity index is 270. The van der Waals surface area contributed by atoms with E-state index in [1.807, 2.05) is 0 Å². The molecular formula is C8H15N3O2. The number of aliphatic hydroxyl groups is 2. The highest BCUT2D eigenvalue weighted by molar-refractivity contribution is 5.07. The van der Waals surface area contributed by atoms with Crippen molar-refractivity contribution in [1.29, 1.82) is 0 Å². The summed E-state index contributed by atoms with van der Waals surface area (Å²) >= 11 is 0. The third kappa shape index (κ3) is 2.26. The molecule has 0 radical (unpaired) electrons. The van der Waals surface area contributed by atoms with E-state index in [-0.39, 0.29) is 13.2 Å². The lowest BCUT2D eigenvalue weighted by Gasteiger charge is -2.06. The van der Waals surface area contributed by atoms with E-state index in [4.69, 9.17) is 10.2 Å². The van der Waals surface area contributed by atoms with Crippen LogP contribution in [0, 0.1) is 5.92 Å². The SMILES string of the molecule is CC(C)Cn1nnc(CO)c1CO. The zero-order chi connectivity index (χ0) is 9.84. The molecule has 0 aromatic carbocycles. The van der Waals surface area contributed by atoms with Crippen LogP contribution in [-0.2, 0) is 19.8 Å². The summed E-state index contributed by atoms with van der Waals surface area (Å²) in [5, 5.41) is 25.5. The molecule has 0 amide bonds. The second kappa shape index (κ2) is 4.34. The number of rotatable bonds is 4. The molecule has 74 valence electrons. The number of hydrogen-bond acceptors (Lipinski definition) is 4. The van der Waals surface area contributed by atoms with Gasteiger partial charge in [-0.3, -0.25) is 0 Å². The van der Waals surface area contributed by atoms with Crippen LogP contribution in [0.5, 0.6) is 0 Å². The van der Waals surface area contributed by atoms with Crippen LogP contribution in [0.2, 0.25) is 0 Å². The minimum Gasteiger partial charge on any atom is -0.390 e. The Balaban J connectivity index is 2.87. The molecule has 0 atom stereocenters. The van der Waals surface area contributed by atoms with E-state index in [0.29, 0.717) is 23.9 Å². The quantitative estimate of drug-likeness (QED) is 0.688. The molecule has 0 saturated carbocycles. The standard InChI is InChI=1S/C8H15N3O2/c1-6(2)3-11-8(5-13)7(4-12)9-10-11/h6,12-13H,3-5H2,1-2H3. The van der Waals surface area contributed by atoms with Crippen LogP contribution in [0.15, 0.2) is 0 Å². The van der Waals surface area contributed by atoms with E-state index in [0.717, 1.165) is 0 Å². The van der Waals surface area contributed by atoms with Crippen molar-refractivity contribution in [1.82, 2.24) is 15.0 Å². The average Bonchev–Trinajstić information content (AvgIpc) is 2.45. The molecule has 0 spiro atoms. The molecule has 0 aliphatic rings. The molecule has 1 rings (SSSR count). The third-order valence-electron chi connectivity index (χ3n) is 1.76. The maximum absolute atomic E-state index is 9.02. The van der Waals surface area contributed by atoms with Crippen LogP contribution in [0.1, 0.15) is 25.2 Å². The van der Waals surface area contributed by atoms with E-state index >= 15 is 0 Å². The minimum atomic E-state index is -0.173. The van der Waals surface area contributed by atoms with Gasteiger partial charge in [0.25, 0.3) is 0 Å². The van der Waals surface area contributed by atoms with Gasteiger partial charge in [-0.1, -0.05) is 19.1 Å². The van der Waals surface area contributed by atoms with Crippen molar-refractivity contribution < 1.29 is 10.2 Å². The summed E-state index contributed by atoms with van der Waals surface area (Å²) in [6.45, 7) is 4.52. The van der Waals surface area contributed by atoms with Crippen molar-refractivity contribution in [3.8, 4) is 0 Å². The Morgan fingerprint density at radius 2 is 2.00 bits per heavy atom. The number of hydrogen-bond donors (Lipinski definition) is 2. The lowest BCUT2D eigenvalue weighted by molar-refractivity contribution is 0.248. The van der Waals surface area contributed by atoms with Crippen LogP contribution in [0.4, 0.5) is 0 Å². The van der Waals surface area contributed by atoms with Gasteiger partial charge in [-0.15, -0.1) is 5.10 Å². The monoisotopic (exact) mass is 185 g/mol. The first kappa shape index (κ1) is 10.1. The molecule has 1 aromatic rings. The molecule has 2 N–H and O–H groups in total. The highest BCUT2D eigenvalue weighted by Crippen LogP contribution is 2.07. The number of nitrogens with zero attached hydrogens (tertiary/aromatic N) is 3. The lowest BCUT2D eigenvalue weighted by atomic mass is 10.2. The molecular weight excluding hydrogens is 170 g/mol. The highest BCUT2D eigenvalue weighted by Gasteiger charge is 2.11. The predicted molar refractivity (Wildman–Crippen MR) is 46.7 cm³/mol. The van der Waals surface area contributed by atoms with Crippen LogP contribution in [0.3, 0.4) is 0 Å². The fourth-order valence-electron chi connectivity index (χ4n) is 1.16. The molecule has 0 saturated heterocycles. The van der Waals surface area contributed by atoms with E-state index in [1.165, 1.54) is 0 Å². The van der Waals surface area contributed by atoms with Crippen molar-refractivity contribution in [2.75, 3.05) is 0 Å². The molecule has 1 aromatic heterocycles. The topological polar surface area (TPSA) is 71.2 Å². The smallest absolute Gasteiger partial charge is 0.114 e. The summed E-state index contributed by atoms with van der Waals surface area (Å²) < 4.78 is 1.64. The first-order valence-corrected chi connectivity index (χ1v) is 4.32. The first-order chi connectivity index (χ1) is 6.19. The van der Waals surface area contributed by atoms with Crippen LogP contribution >= 0.6 is 0 Å². The second-order valence-electron chi connectivity index (χ2n) is 3.38. The van der Waals surface area contributed by atoms with Gasteiger partial charge in [0, 0.05) is 6.54 Å². The molecule has 0 fully saturated rings. The maximum Gasteiger partial charge on any atom is 0.114 e. The van der Waals surface area contributed by atoms with Crippen LogP contribution < -0.4 is 0 Å². The first-order valence-electron chi connectivity index (χ1n) is 4.32. The van der Waals surface area contributed by atoms with Crippen molar-refractivity contribution in [2.45, 2.75) is 33.6 Å². The molecule has 0 bridgehead atoms. The van der Waals surface area contributed by atoms with Gasteiger partial charge in [-0.2, -0.15) is 0 Å². The molecule has 0 aliphatic heterocycles. The molecule has 1 heterocycles. The Hall–Kier alpha value is -0.940. The molecule has 0 unspecified atom stereocenters. The van der Waals surface area contributed by atoms with Crippen molar-refractivity contribution in [3.05, 3.63) is 11.4 Å². The van der Waals surface area contributed by atoms with Gasteiger partial charge < -0.3 is 10.2 Å². The zero-order valence-electron chi connectivity index (χ0n) is 7.93. The summed E-state index contributed by atoms with van der Waals surface area (Å²) in [7, 11) is 0. The second-order valence-corrected chi connectivity index (χ2v) is 3.38. The van der Waals surface area contributed by atoms with Gasteiger partial charge in [0.05, 0.1) is 18.9 Å². The fraction of sp³-hybridized carbons (Fsp3) is 0.750. The molecule has 5 nitrogen and oxygen atoms in total. The minimum absolute atomic E-state index is 0.129. The largest absolute Gasteiger partial charge is 0.390 e. The fourth-order valence-corrected chi connectivity index (χ4v) is 1.16. The summed E-state index contributed by atoms with van der Waals surface area (Å²) in [4.78, 5) is 0. The zero-order valence-corrected chi connectivity index (χ0v) is 7.93. The van der Waals surface area contributed by atoms with Crippen LogP contribution in [-0.4, -0.2) is 25.2 Å². The van der Waals surface area contributed by atoms with Gasteiger partial charge in [0.2, 0.25) is 0 Å². The van der Waals surface area contributed by atoms with Gasteiger partial charge >= 0.3 is 0 Å². The summed E-state index contributed by atoms with van der Waals surface area (Å²) in [5.41, 5.74) is 1.07. The Labute approximate surface area is 77.0 Å². The molecule has 5 heteroatoms. The van der Waals surface area contributed by atoms with Gasteiger partial charge in [0.1, 0.15) is 5.69 Å². The highest BCUT2D eigenvalue weighted by atomic mass is 16.3. The average molecular weight is 185 g/mol. The predicted octanol–water partition coefficient (Wildman–Crippen LogP) is -0.0813. The number of aliphatic hydroxyl groups excluding tert-OH is 2. The van der Waals surface area contributed by atoms with Gasteiger partial charge in [-0.25, -0.2) is 4.68 Å². The summed E-state index contributed by atoms with van der Waals surface area (Å²) in [5.74, 6) is 0.443. The molecule has 0 aliphatic carbocycles. The van der Waals surface area contributed by atoms with E-state index in [2.05, 4.69) is 24.2 Å².